The number of ketones is 1. The van der Waals surface area contributed by atoms with Gasteiger partial charge < -0.3 is 14.2 Å². The number of ether oxygens (including phenoxy) is 1. The van der Waals surface area contributed by atoms with Crippen LogP contribution in [0.2, 0.25) is 0 Å². The van der Waals surface area contributed by atoms with Crippen molar-refractivity contribution < 1.29 is 18.7 Å². The van der Waals surface area contributed by atoms with E-state index in [-0.39, 0.29) is 36.7 Å². The van der Waals surface area contributed by atoms with E-state index in [4.69, 9.17) is 4.74 Å². The van der Waals surface area contributed by atoms with Crippen LogP contribution in [0.5, 0.6) is 0 Å². The zero-order chi connectivity index (χ0) is 33.4. The van der Waals surface area contributed by atoms with Crippen molar-refractivity contribution >= 4 is 11.8 Å². The number of esters is 1. The molecule has 0 N–H and O–H groups in total. The highest BCUT2D eigenvalue weighted by Crippen LogP contribution is 2.37. The second-order valence-electron chi connectivity index (χ2n) is 13.0. The Hall–Kier alpha value is -3.58. The van der Waals surface area contributed by atoms with Crippen LogP contribution in [0.1, 0.15) is 92.3 Å². The molecule has 244 valence electrons. The van der Waals surface area contributed by atoms with Crippen LogP contribution >= 0.6 is 0 Å². The van der Waals surface area contributed by atoms with Gasteiger partial charge in [-0.1, -0.05) is 39.0 Å². The van der Waals surface area contributed by atoms with E-state index in [9.17, 15) is 14.4 Å². The standard InChI is InChI=1S/C38H51FN2O4/c1-10-28-14-12-13-25(5)37(28)31-18-27(7)38(39)32(20-31)30(22-36(44)45-11-2)21-34(42)33(17-24(3)4)41-23-29(15-16-40(8)9)26(6)19-35(41)43/h12-14,18-20,23-24,30,33H,10-11,15-17,21-22H2,1-9H3/t30-,33?/m0/s1. The summed E-state index contributed by atoms with van der Waals surface area (Å²) in [4.78, 5) is 42.6. The molecule has 0 spiro atoms. The summed E-state index contributed by atoms with van der Waals surface area (Å²) in [6.45, 7) is 14.5. The third-order valence-corrected chi connectivity index (χ3v) is 8.54. The highest BCUT2D eigenvalue weighted by Gasteiger charge is 2.30. The second kappa shape index (κ2) is 16.1. The molecule has 0 fully saturated rings. The number of aromatic nitrogens is 1. The monoisotopic (exact) mass is 618 g/mol. The van der Waals surface area contributed by atoms with Crippen molar-refractivity contribution in [3.05, 3.63) is 92.1 Å². The van der Waals surface area contributed by atoms with E-state index >= 15 is 4.39 Å². The molecule has 0 bridgehead atoms. The second-order valence-corrected chi connectivity index (χ2v) is 13.0. The summed E-state index contributed by atoms with van der Waals surface area (Å²) < 4.78 is 22.9. The molecule has 45 heavy (non-hydrogen) atoms. The number of Topliss-reactive ketones (excluding diaryl/α,β-unsaturated/α-hetero) is 1. The Labute approximate surface area is 268 Å². The van der Waals surface area contributed by atoms with Crippen LogP contribution in [0.4, 0.5) is 4.39 Å². The third kappa shape index (κ3) is 9.23. The summed E-state index contributed by atoms with van der Waals surface area (Å²) in [7, 11) is 4.00. The maximum Gasteiger partial charge on any atom is 0.306 e. The van der Waals surface area contributed by atoms with Crippen molar-refractivity contribution in [1.82, 2.24) is 9.47 Å². The zero-order valence-corrected chi connectivity index (χ0v) is 28.6. The summed E-state index contributed by atoms with van der Waals surface area (Å²) in [5, 5.41) is 0. The average molecular weight is 619 g/mol. The predicted molar refractivity (Wildman–Crippen MR) is 180 cm³/mol. The minimum absolute atomic E-state index is 0.0994. The molecule has 0 saturated heterocycles. The van der Waals surface area contributed by atoms with Crippen LogP contribution in [0.15, 0.2) is 47.4 Å². The third-order valence-electron chi connectivity index (χ3n) is 8.54. The van der Waals surface area contributed by atoms with E-state index in [1.54, 1.807) is 30.5 Å². The van der Waals surface area contributed by atoms with Crippen LogP contribution in [-0.2, 0) is 27.2 Å². The van der Waals surface area contributed by atoms with Gasteiger partial charge in [0, 0.05) is 31.1 Å². The lowest BCUT2D eigenvalue weighted by atomic mass is 9.83. The molecule has 6 nitrogen and oxygen atoms in total. The minimum Gasteiger partial charge on any atom is -0.466 e. The largest absolute Gasteiger partial charge is 0.466 e. The molecule has 1 heterocycles. The quantitative estimate of drug-likeness (QED) is 0.165. The molecular formula is C38H51FN2O4. The van der Waals surface area contributed by atoms with Gasteiger partial charge in [0.2, 0.25) is 0 Å². The van der Waals surface area contributed by atoms with E-state index in [0.29, 0.717) is 17.5 Å². The van der Waals surface area contributed by atoms with Gasteiger partial charge in [0.15, 0.2) is 5.78 Å². The van der Waals surface area contributed by atoms with Gasteiger partial charge in [0.25, 0.3) is 5.56 Å². The molecule has 1 aromatic heterocycles. The first kappa shape index (κ1) is 35.9. The van der Waals surface area contributed by atoms with Gasteiger partial charge in [0.1, 0.15) is 5.82 Å². The number of hydrogen-bond donors (Lipinski definition) is 0. The van der Waals surface area contributed by atoms with Crippen LogP contribution in [-0.4, -0.2) is 48.5 Å². The Bertz CT molecular complexity index is 1560. The van der Waals surface area contributed by atoms with Crippen molar-refractivity contribution in [3.8, 4) is 11.1 Å². The number of carbonyl (C=O) groups is 2. The Morgan fingerprint density at radius 3 is 2.29 bits per heavy atom. The Morgan fingerprint density at radius 2 is 1.67 bits per heavy atom. The van der Waals surface area contributed by atoms with Crippen molar-refractivity contribution in [1.29, 1.82) is 0 Å². The van der Waals surface area contributed by atoms with Gasteiger partial charge in [-0.25, -0.2) is 4.39 Å². The highest BCUT2D eigenvalue weighted by atomic mass is 19.1. The first-order valence-corrected chi connectivity index (χ1v) is 16.2. The normalized spacial score (nSPS) is 12.9. The highest BCUT2D eigenvalue weighted by molar-refractivity contribution is 5.84. The van der Waals surface area contributed by atoms with Crippen LogP contribution < -0.4 is 5.56 Å². The molecule has 0 amide bonds. The molecule has 0 aliphatic heterocycles. The molecule has 3 aromatic rings. The van der Waals surface area contributed by atoms with Crippen LogP contribution in [0.3, 0.4) is 0 Å². The topological polar surface area (TPSA) is 68.6 Å². The van der Waals surface area contributed by atoms with Crippen molar-refractivity contribution in [2.75, 3.05) is 27.2 Å². The van der Waals surface area contributed by atoms with E-state index in [2.05, 4.69) is 17.9 Å². The number of rotatable bonds is 15. The van der Waals surface area contributed by atoms with Crippen molar-refractivity contribution in [2.45, 2.75) is 92.5 Å². The van der Waals surface area contributed by atoms with Gasteiger partial charge >= 0.3 is 5.97 Å². The van der Waals surface area contributed by atoms with Crippen molar-refractivity contribution in [3.63, 3.8) is 0 Å². The molecule has 0 aliphatic rings. The Kier molecular flexibility index (Phi) is 12.9. The van der Waals surface area contributed by atoms with Crippen molar-refractivity contribution in [2.24, 2.45) is 5.92 Å². The smallest absolute Gasteiger partial charge is 0.306 e. The maximum atomic E-state index is 16.0. The number of aryl methyl sites for hydroxylation is 4. The first-order valence-electron chi connectivity index (χ1n) is 16.2. The molecule has 7 heteroatoms. The summed E-state index contributed by atoms with van der Waals surface area (Å²) in [5.41, 5.74) is 6.56. The average Bonchev–Trinajstić information content (AvgIpc) is 2.96. The zero-order valence-electron chi connectivity index (χ0n) is 28.6. The summed E-state index contributed by atoms with van der Waals surface area (Å²) in [6.07, 6.45) is 3.58. The molecular weight excluding hydrogens is 567 g/mol. The number of likely N-dealkylation sites (N-methyl/N-ethyl adjacent to an activating group) is 1. The fourth-order valence-corrected chi connectivity index (χ4v) is 6.15. The SMILES string of the molecule is CCOC(=O)C[C@H](CC(=O)C(CC(C)C)n1cc(CCN(C)C)c(C)cc1=O)c1cc(-c2c(C)cccc2CC)cc(C)c1F. The van der Waals surface area contributed by atoms with E-state index in [0.717, 1.165) is 52.8 Å². The van der Waals surface area contributed by atoms with E-state index < -0.39 is 23.7 Å². The molecule has 2 atom stereocenters. The summed E-state index contributed by atoms with van der Waals surface area (Å²) in [6, 6.07) is 10.6. The fraction of sp³-hybridized carbons (Fsp3) is 0.500. The Balaban J connectivity index is 2.13. The number of halogens is 1. The predicted octanol–water partition coefficient (Wildman–Crippen LogP) is 7.53. The summed E-state index contributed by atoms with van der Waals surface area (Å²) >= 11 is 0. The van der Waals surface area contributed by atoms with Gasteiger partial charge in [-0.2, -0.15) is 0 Å². The molecule has 0 radical (unpaired) electrons. The number of carbonyl (C=O) groups excluding carboxylic acids is 2. The Morgan fingerprint density at radius 1 is 0.956 bits per heavy atom. The number of pyridine rings is 1. The molecule has 1 unspecified atom stereocenters. The molecule has 0 saturated carbocycles. The van der Waals surface area contributed by atoms with E-state index in [1.165, 1.54) is 0 Å². The van der Waals surface area contributed by atoms with Gasteiger partial charge in [-0.3, -0.25) is 14.4 Å². The van der Waals surface area contributed by atoms with Crippen LogP contribution in [0.25, 0.3) is 11.1 Å². The number of hydrogen-bond acceptors (Lipinski definition) is 5. The van der Waals surface area contributed by atoms with Crippen LogP contribution in [0, 0.1) is 32.5 Å². The van der Waals surface area contributed by atoms with Gasteiger partial charge in [-0.15, -0.1) is 0 Å². The maximum absolute atomic E-state index is 16.0. The number of nitrogens with zero attached hydrogens (tertiary/aromatic N) is 2. The lowest BCUT2D eigenvalue weighted by Gasteiger charge is -2.25. The molecule has 2 aromatic carbocycles. The first-order chi connectivity index (χ1) is 21.3. The van der Waals surface area contributed by atoms with Gasteiger partial charge in [0.05, 0.1) is 19.1 Å². The molecule has 0 aliphatic carbocycles. The van der Waals surface area contributed by atoms with Gasteiger partial charge in [-0.05, 0) is 124 Å². The lowest BCUT2D eigenvalue weighted by molar-refractivity contribution is -0.143. The summed E-state index contributed by atoms with van der Waals surface area (Å²) in [5.74, 6) is -1.74. The van der Waals surface area contributed by atoms with E-state index in [1.807, 2.05) is 66.2 Å². The lowest BCUT2D eigenvalue weighted by Crippen LogP contribution is -2.32. The minimum atomic E-state index is -0.756. The molecule has 3 rings (SSSR count). The number of benzene rings is 2. The fourth-order valence-electron chi connectivity index (χ4n) is 6.15.